The maximum atomic E-state index is 12.7. The molecule has 0 aliphatic rings. The van der Waals surface area contributed by atoms with Crippen LogP contribution in [0.3, 0.4) is 0 Å². The molecule has 0 aromatic heterocycles. The first-order chi connectivity index (χ1) is 15.6. The molecule has 0 saturated carbocycles. The van der Waals surface area contributed by atoms with Crippen molar-refractivity contribution in [2.45, 2.75) is 32.9 Å². The summed E-state index contributed by atoms with van der Waals surface area (Å²) in [6.07, 6.45) is 2.07. The van der Waals surface area contributed by atoms with Crippen LogP contribution in [-0.4, -0.2) is 20.6 Å². The zero-order valence-electron chi connectivity index (χ0n) is 18.7. The second kappa shape index (κ2) is 10.6. The Morgan fingerprint density at radius 1 is 0.970 bits per heavy atom. The largest absolute Gasteiger partial charge is 0.346 e. The van der Waals surface area contributed by atoms with Gasteiger partial charge in [0.25, 0.3) is 5.91 Å². The van der Waals surface area contributed by atoms with E-state index in [-0.39, 0.29) is 18.5 Å². The molecule has 0 fully saturated rings. The summed E-state index contributed by atoms with van der Waals surface area (Å²) < 4.78 is 26.2. The molecule has 1 atom stereocenters. The topological polar surface area (TPSA) is 66.5 Å². The normalized spacial score (nSPS) is 12.3. The lowest BCUT2D eigenvalue weighted by Gasteiger charge is -2.24. The first kappa shape index (κ1) is 25.1. The third-order valence-electron chi connectivity index (χ3n) is 5.42. The number of carbonyl (C=O) groups is 1. The molecule has 3 rings (SSSR count). The van der Waals surface area contributed by atoms with Crippen molar-refractivity contribution in [3.63, 3.8) is 0 Å². The van der Waals surface area contributed by atoms with Crippen LogP contribution in [0.4, 0.5) is 5.69 Å². The van der Waals surface area contributed by atoms with Crippen LogP contribution in [0, 0.1) is 0 Å². The zero-order valence-corrected chi connectivity index (χ0v) is 21.0. The average Bonchev–Trinajstić information content (AvgIpc) is 2.78. The molecular formula is C25H26Cl2N2O3S. The van der Waals surface area contributed by atoms with Gasteiger partial charge in [0.1, 0.15) is 0 Å². The van der Waals surface area contributed by atoms with Gasteiger partial charge in [-0.15, -0.1) is 0 Å². The maximum Gasteiger partial charge on any atom is 0.251 e. The fraction of sp³-hybridized carbons (Fsp3) is 0.240. The summed E-state index contributed by atoms with van der Waals surface area (Å²) in [4.78, 5) is 12.7. The first-order valence-corrected chi connectivity index (χ1v) is 13.1. The van der Waals surface area contributed by atoms with E-state index in [0.717, 1.165) is 18.2 Å². The Kier molecular flexibility index (Phi) is 8.05. The molecule has 0 unspecified atom stereocenters. The number of carbonyl (C=O) groups excluding carboxylic acids is 1. The number of amides is 1. The molecule has 0 bridgehead atoms. The van der Waals surface area contributed by atoms with Crippen molar-refractivity contribution >= 4 is 44.8 Å². The number of nitrogens with one attached hydrogen (secondary N) is 1. The standard InChI is InChI=1S/C25H26Cl2N2O3S/c1-4-18-8-10-19(11-9-18)17(2)28-25(30)20-12-14-21(15-13-20)29(33(3,31)32)16-22-23(26)6-5-7-24(22)27/h5-15,17H,4,16H2,1-3H3,(H,28,30)/t17-/m0/s1. The molecule has 0 heterocycles. The molecule has 1 amide bonds. The first-order valence-electron chi connectivity index (χ1n) is 10.5. The molecule has 3 aromatic rings. The van der Waals surface area contributed by atoms with Gasteiger partial charge in [-0.25, -0.2) is 8.42 Å². The molecule has 3 aromatic carbocycles. The van der Waals surface area contributed by atoms with Gasteiger partial charge in [-0.1, -0.05) is 60.5 Å². The minimum atomic E-state index is -3.63. The van der Waals surface area contributed by atoms with Gasteiger partial charge in [-0.3, -0.25) is 9.10 Å². The molecule has 0 spiro atoms. The monoisotopic (exact) mass is 504 g/mol. The summed E-state index contributed by atoms with van der Waals surface area (Å²) in [6, 6.07) is 19.4. The lowest BCUT2D eigenvalue weighted by atomic mass is 10.0. The number of anilines is 1. The highest BCUT2D eigenvalue weighted by Crippen LogP contribution is 2.29. The molecule has 5 nitrogen and oxygen atoms in total. The van der Waals surface area contributed by atoms with Gasteiger partial charge in [0.15, 0.2) is 0 Å². The van der Waals surface area contributed by atoms with Crippen molar-refractivity contribution in [1.82, 2.24) is 5.32 Å². The second-order valence-electron chi connectivity index (χ2n) is 7.81. The Balaban J connectivity index is 1.78. The Bertz CT molecular complexity index is 1210. The van der Waals surface area contributed by atoms with E-state index in [2.05, 4.69) is 24.4 Å². The summed E-state index contributed by atoms with van der Waals surface area (Å²) in [5.74, 6) is -0.242. The minimum Gasteiger partial charge on any atom is -0.346 e. The number of hydrogen-bond donors (Lipinski definition) is 1. The van der Waals surface area contributed by atoms with Crippen molar-refractivity contribution in [1.29, 1.82) is 0 Å². The third kappa shape index (κ3) is 6.28. The molecule has 0 saturated heterocycles. The number of nitrogens with zero attached hydrogens (tertiary/aromatic N) is 1. The van der Waals surface area contributed by atoms with Crippen LogP contribution in [-0.2, 0) is 23.0 Å². The minimum absolute atomic E-state index is 0.0202. The van der Waals surface area contributed by atoms with Crippen LogP contribution in [0.15, 0.2) is 66.7 Å². The van der Waals surface area contributed by atoms with E-state index in [1.807, 2.05) is 19.1 Å². The summed E-state index contributed by atoms with van der Waals surface area (Å²) in [7, 11) is -3.63. The maximum absolute atomic E-state index is 12.7. The van der Waals surface area contributed by atoms with Crippen molar-refractivity contribution in [2.75, 3.05) is 10.6 Å². The Hall–Kier alpha value is -2.54. The number of sulfonamides is 1. The third-order valence-corrected chi connectivity index (χ3v) is 7.27. The highest BCUT2D eigenvalue weighted by Gasteiger charge is 2.21. The molecule has 174 valence electrons. The fourth-order valence-corrected chi connectivity index (χ4v) is 4.80. The summed E-state index contributed by atoms with van der Waals surface area (Å²) in [5.41, 5.74) is 3.60. The van der Waals surface area contributed by atoms with Gasteiger partial charge in [0.2, 0.25) is 10.0 Å². The van der Waals surface area contributed by atoms with Crippen LogP contribution < -0.4 is 9.62 Å². The van der Waals surface area contributed by atoms with Crippen LogP contribution in [0.25, 0.3) is 0 Å². The smallest absolute Gasteiger partial charge is 0.251 e. The zero-order chi connectivity index (χ0) is 24.2. The summed E-state index contributed by atoms with van der Waals surface area (Å²) in [6.45, 7) is 4.00. The molecule has 0 radical (unpaired) electrons. The van der Waals surface area contributed by atoms with Crippen molar-refractivity contribution < 1.29 is 13.2 Å². The second-order valence-corrected chi connectivity index (χ2v) is 10.5. The van der Waals surface area contributed by atoms with Gasteiger partial charge in [-0.2, -0.15) is 0 Å². The van der Waals surface area contributed by atoms with E-state index >= 15 is 0 Å². The van der Waals surface area contributed by atoms with Gasteiger partial charge in [0, 0.05) is 21.2 Å². The molecular weight excluding hydrogens is 479 g/mol. The van der Waals surface area contributed by atoms with E-state index in [1.165, 1.54) is 9.87 Å². The fourth-order valence-electron chi connectivity index (χ4n) is 3.41. The molecule has 0 aliphatic heterocycles. The van der Waals surface area contributed by atoms with Crippen LogP contribution in [0.1, 0.15) is 46.9 Å². The predicted molar refractivity (Wildman–Crippen MR) is 136 cm³/mol. The van der Waals surface area contributed by atoms with E-state index in [4.69, 9.17) is 23.2 Å². The summed E-state index contributed by atoms with van der Waals surface area (Å²) in [5, 5.41) is 3.74. The van der Waals surface area contributed by atoms with E-state index in [0.29, 0.717) is 26.9 Å². The Morgan fingerprint density at radius 3 is 2.06 bits per heavy atom. The van der Waals surface area contributed by atoms with E-state index in [1.54, 1.807) is 42.5 Å². The van der Waals surface area contributed by atoms with Gasteiger partial charge in [-0.05, 0) is 60.9 Å². The number of halogens is 2. The van der Waals surface area contributed by atoms with E-state index in [9.17, 15) is 13.2 Å². The molecule has 8 heteroatoms. The quantitative estimate of drug-likeness (QED) is 0.408. The SMILES string of the molecule is CCc1ccc([C@H](C)NC(=O)c2ccc(N(Cc3c(Cl)cccc3Cl)S(C)(=O)=O)cc2)cc1. The summed E-state index contributed by atoms with van der Waals surface area (Å²) >= 11 is 12.5. The highest BCUT2D eigenvalue weighted by atomic mass is 35.5. The van der Waals surface area contributed by atoms with Crippen LogP contribution >= 0.6 is 23.2 Å². The number of rotatable bonds is 8. The van der Waals surface area contributed by atoms with Crippen LogP contribution in [0.2, 0.25) is 10.0 Å². The van der Waals surface area contributed by atoms with Gasteiger partial charge >= 0.3 is 0 Å². The highest BCUT2D eigenvalue weighted by molar-refractivity contribution is 7.92. The van der Waals surface area contributed by atoms with Gasteiger partial charge in [0.05, 0.1) is 24.5 Å². The van der Waals surface area contributed by atoms with Crippen molar-refractivity contribution in [2.24, 2.45) is 0 Å². The van der Waals surface area contributed by atoms with Crippen molar-refractivity contribution in [3.8, 4) is 0 Å². The Morgan fingerprint density at radius 2 is 1.55 bits per heavy atom. The number of benzene rings is 3. The van der Waals surface area contributed by atoms with Crippen LogP contribution in [0.5, 0.6) is 0 Å². The van der Waals surface area contributed by atoms with Gasteiger partial charge < -0.3 is 5.32 Å². The Labute approximate surface area is 205 Å². The molecule has 1 N–H and O–H groups in total. The number of aryl methyl sites for hydroxylation is 1. The number of hydrogen-bond acceptors (Lipinski definition) is 3. The predicted octanol–water partition coefficient (Wildman–Crippen LogP) is 6.01. The van der Waals surface area contributed by atoms with E-state index < -0.39 is 10.0 Å². The lowest BCUT2D eigenvalue weighted by molar-refractivity contribution is 0.0940. The lowest BCUT2D eigenvalue weighted by Crippen LogP contribution is -2.30. The van der Waals surface area contributed by atoms with Crippen molar-refractivity contribution in [3.05, 3.63) is 99.0 Å². The molecule has 33 heavy (non-hydrogen) atoms. The average molecular weight is 505 g/mol. The molecule has 0 aliphatic carbocycles.